The summed E-state index contributed by atoms with van der Waals surface area (Å²) in [5.41, 5.74) is 2.41. The van der Waals surface area contributed by atoms with Crippen LogP contribution in [0.5, 0.6) is 5.75 Å². The summed E-state index contributed by atoms with van der Waals surface area (Å²) in [5.74, 6) is -0.837. The molecule has 1 unspecified atom stereocenters. The summed E-state index contributed by atoms with van der Waals surface area (Å²) < 4.78 is 12.5. The van der Waals surface area contributed by atoms with Gasteiger partial charge in [0.25, 0.3) is 5.56 Å². The fourth-order valence-corrected chi connectivity index (χ4v) is 4.19. The Labute approximate surface area is 207 Å². The number of imidazole rings is 1. The molecule has 0 amide bonds. The highest BCUT2D eigenvalue weighted by Gasteiger charge is 2.29. The molecule has 1 atom stereocenters. The van der Waals surface area contributed by atoms with Crippen molar-refractivity contribution in [3.05, 3.63) is 93.6 Å². The molecule has 36 heavy (non-hydrogen) atoms. The van der Waals surface area contributed by atoms with E-state index in [1.807, 2.05) is 0 Å². The first-order valence-corrected chi connectivity index (χ1v) is 11.5. The number of rotatable bonds is 9. The number of methoxy groups -OCH3 is 1. The molecule has 186 valence electrons. The van der Waals surface area contributed by atoms with E-state index in [9.17, 15) is 19.5 Å². The summed E-state index contributed by atoms with van der Waals surface area (Å²) in [4.78, 5) is 44.5. The van der Waals surface area contributed by atoms with Gasteiger partial charge in [0.1, 0.15) is 17.3 Å². The number of carbonyl (C=O) groups excluding carboxylic acids is 2. The number of aryl methyl sites for hydroxylation is 2. The molecule has 9 nitrogen and oxygen atoms in total. The average Bonchev–Trinajstić information content (AvgIpc) is 3.55. The Kier molecular flexibility index (Phi) is 7.19. The van der Waals surface area contributed by atoms with Gasteiger partial charge in [0, 0.05) is 41.7 Å². The zero-order valence-corrected chi connectivity index (χ0v) is 20.3. The van der Waals surface area contributed by atoms with Gasteiger partial charge in [0.05, 0.1) is 31.3 Å². The summed E-state index contributed by atoms with van der Waals surface area (Å²) >= 11 is 0. The van der Waals surface area contributed by atoms with Gasteiger partial charge in [-0.05, 0) is 32.0 Å². The van der Waals surface area contributed by atoms with Crippen LogP contribution in [0.15, 0.2) is 64.2 Å². The maximum absolute atomic E-state index is 13.6. The lowest BCUT2D eigenvalue weighted by Gasteiger charge is -2.18. The molecule has 0 fully saturated rings. The molecule has 0 aliphatic rings. The highest BCUT2D eigenvalue weighted by atomic mass is 16.5. The van der Waals surface area contributed by atoms with Crippen LogP contribution in [-0.4, -0.2) is 38.5 Å². The third-order valence-corrected chi connectivity index (χ3v) is 6.18. The smallest absolute Gasteiger partial charge is 0.306 e. The van der Waals surface area contributed by atoms with E-state index in [1.165, 1.54) is 20.1 Å². The maximum atomic E-state index is 13.6. The minimum atomic E-state index is -0.866. The second-order valence-electron chi connectivity index (χ2n) is 8.54. The lowest BCUT2D eigenvalue weighted by molar-refractivity contribution is -0.140. The number of Topliss-reactive ketones (excluding diaryl/α,β-unsaturated/α-hetero) is 1. The van der Waals surface area contributed by atoms with Crippen LogP contribution in [0.4, 0.5) is 0 Å². The number of H-pyrrole nitrogens is 1. The first kappa shape index (κ1) is 24.7. The number of aromatic nitrogens is 3. The predicted molar refractivity (Wildman–Crippen MR) is 132 cm³/mol. The summed E-state index contributed by atoms with van der Waals surface area (Å²) in [6.45, 7) is 3.59. The standard InChI is InChI=1S/C27H27N3O6/c1-16-12-22(32)26(27(34)30(16)11-10-20-14-28-15-29-20)21(13-25(33)35-3)24-9-8-23(36-24)19-6-4-18(5-7-19)17(2)31/h4-9,12,14-15,21,32H,10-11,13H2,1-3H3,(H,28,29). The van der Waals surface area contributed by atoms with Crippen LogP contribution < -0.4 is 5.56 Å². The summed E-state index contributed by atoms with van der Waals surface area (Å²) in [6, 6.07) is 11.9. The van der Waals surface area contributed by atoms with Crippen molar-refractivity contribution in [3.8, 4) is 17.1 Å². The van der Waals surface area contributed by atoms with Crippen molar-refractivity contribution in [1.82, 2.24) is 14.5 Å². The predicted octanol–water partition coefficient (Wildman–Crippen LogP) is 3.99. The molecule has 0 saturated carbocycles. The van der Waals surface area contributed by atoms with Crippen molar-refractivity contribution in [2.24, 2.45) is 0 Å². The van der Waals surface area contributed by atoms with E-state index >= 15 is 0 Å². The number of furan rings is 1. The molecule has 9 heteroatoms. The molecule has 3 heterocycles. The molecule has 0 saturated heterocycles. The third kappa shape index (κ3) is 5.14. The zero-order valence-electron chi connectivity index (χ0n) is 20.3. The molecule has 0 radical (unpaired) electrons. The second kappa shape index (κ2) is 10.5. The number of carbonyl (C=O) groups is 2. The Hall–Kier alpha value is -4.40. The van der Waals surface area contributed by atoms with E-state index in [0.29, 0.717) is 35.7 Å². The molecular weight excluding hydrogens is 462 g/mol. The fourth-order valence-electron chi connectivity index (χ4n) is 4.19. The van der Waals surface area contributed by atoms with Crippen molar-refractivity contribution < 1.29 is 23.8 Å². The number of nitrogens with zero attached hydrogens (tertiary/aromatic N) is 2. The number of ketones is 1. The zero-order chi connectivity index (χ0) is 25.8. The molecule has 0 spiro atoms. The van der Waals surface area contributed by atoms with Crippen LogP contribution in [-0.2, 0) is 22.5 Å². The van der Waals surface area contributed by atoms with Crippen molar-refractivity contribution in [3.63, 3.8) is 0 Å². The van der Waals surface area contributed by atoms with Gasteiger partial charge in [0.15, 0.2) is 5.78 Å². The minimum absolute atomic E-state index is 0.0431. The van der Waals surface area contributed by atoms with Crippen molar-refractivity contribution in [1.29, 1.82) is 0 Å². The summed E-state index contributed by atoms with van der Waals surface area (Å²) in [5, 5.41) is 10.8. The number of hydrogen-bond donors (Lipinski definition) is 2. The molecule has 0 aliphatic carbocycles. The van der Waals surface area contributed by atoms with Gasteiger partial charge in [-0.15, -0.1) is 0 Å². The van der Waals surface area contributed by atoms with E-state index in [1.54, 1.807) is 60.4 Å². The molecule has 0 bridgehead atoms. The van der Waals surface area contributed by atoms with E-state index in [0.717, 1.165) is 11.3 Å². The molecule has 0 aliphatic heterocycles. The minimum Gasteiger partial charge on any atom is -0.507 e. The Balaban J connectivity index is 1.73. The lowest BCUT2D eigenvalue weighted by Crippen LogP contribution is -2.29. The number of nitrogens with one attached hydrogen (secondary N) is 1. The summed E-state index contributed by atoms with van der Waals surface area (Å²) in [7, 11) is 1.27. The van der Waals surface area contributed by atoms with Crippen molar-refractivity contribution in [2.45, 2.75) is 39.2 Å². The first-order valence-electron chi connectivity index (χ1n) is 11.5. The van der Waals surface area contributed by atoms with Crippen LogP contribution in [0, 0.1) is 6.92 Å². The molecule has 4 aromatic rings. The number of esters is 1. The van der Waals surface area contributed by atoms with Crippen LogP contribution >= 0.6 is 0 Å². The van der Waals surface area contributed by atoms with Gasteiger partial charge in [-0.2, -0.15) is 0 Å². The lowest BCUT2D eigenvalue weighted by atomic mass is 9.93. The molecular formula is C27H27N3O6. The van der Waals surface area contributed by atoms with Gasteiger partial charge < -0.3 is 23.8 Å². The van der Waals surface area contributed by atoms with E-state index < -0.39 is 17.4 Å². The molecule has 4 rings (SSSR count). The van der Waals surface area contributed by atoms with Gasteiger partial charge in [-0.1, -0.05) is 24.3 Å². The van der Waals surface area contributed by atoms with Crippen molar-refractivity contribution >= 4 is 11.8 Å². The second-order valence-corrected chi connectivity index (χ2v) is 8.54. The van der Waals surface area contributed by atoms with Crippen LogP contribution in [0.1, 0.15) is 52.3 Å². The van der Waals surface area contributed by atoms with E-state index in [2.05, 4.69) is 9.97 Å². The molecule has 1 aromatic carbocycles. The number of aromatic hydroxyl groups is 1. The summed E-state index contributed by atoms with van der Waals surface area (Å²) in [6.07, 6.45) is 3.60. The third-order valence-electron chi connectivity index (χ3n) is 6.18. The Morgan fingerprint density at radius 2 is 1.94 bits per heavy atom. The van der Waals surface area contributed by atoms with E-state index in [4.69, 9.17) is 9.15 Å². The molecule has 3 aromatic heterocycles. The normalized spacial score (nSPS) is 11.9. The topological polar surface area (TPSA) is 127 Å². The van der Waals surface area contributed by atoms with Crippen LogP contribution in [0.25, 0.3) is 11.3 Å². The Bertz CT molecular complexity index is 1430. The van der Waals surface area contributed by atoms with Gasteiger partial charge in [-0.3, -0.25) is 14.4 Å². The molecule has 2 N–H and O–H groups in total. The number of benzene rings is 1. The number of pyridine rings is 1. The number of aromatic amines is 1. The first-order chi connectivity index (χ1) is 17.3. The number of hydrogen-bond acceptors (Lipinski definition) is 7. The van der Waals surface area contributed by atoms with Crippen LogP contribution in [0.3, 0.4) is 0 Å². The number of ether oxygens (including phenoxy) is 1. The Morgan fingerprint density at radius 3 is 2.58 bits per heavy atom. The van der Waals surface area contributed by atoms with Crippen molar-refractivity contribution in [2.75, 3.05) is 7.11 Å². The quantitative estimate of drug-likeness (QED) is 0.269. The highest BCUT2D eigenvalue weighted by Crippen LogP contribution is 2.35. The largest absolute Gasteiger partial charge is 0.507 e. The monoisotopic (exact) mass is 489 g/mol. The van der Waals surface area contributed by atoms with Crippen LogP contribution in [0.2, 0.25) is 0 Å². The Morgan fingerprint density at radius 1 is 1.19 bits per heavy atom. The van der Waals surface area contributed by atoms with Gasteiger partial charge in [0.2, 0.25) is 0 Å². The average molecular weight is 490 g/mol. The SMILES string of the molecule is COC(=O)CC(c1ccc(-c2ccc(C(C)=O)cc2)o1)c1c(O)cc(C)n(CCc2cnc[nH]2)c1=O. The highest BCUT2D eigenvalue weighted by molar-refractivity contribution is 5.94. The van der Waals surface area contributed by atoms with E-state index in [-0.39, 0.29) is 23.5 Å². The fraction of sp³-hybridized carbons (Fsp3) is 0.259. The van der Waals surface area contributed by atoms with Gasteiger partial charge in [-0.25, -0.2) is 4.98 Å². The maximum Gasteiger partial charge on any atom is 0.306 e. The van der Waals surface area contributed by atoms with Gasteiger partial charge >= 0.3 is 5.97 Å².